The molecule has 130 valence electrons. The van der Waals surface area contributed by atoms with E-state index in [1.165, 1.54) is 11.5 Å². The van der Waals surface area contributed by atoms with Crippen molar-refractivity contribution < 1.29 is 4.39 Å². The summed E-state index contributed by atoms with van der Waals surface area (Å²) in [5.74, 6) is -0.260. The molecule has 0 radical (unpaired) electrons. The third kappa shape index (κ3) is 2.64. The molecule has 0 bridgehead atoms. The van der Waals surface area contributed by atoms with Crippen molar-refractivity contribution in [3.63, 3.8) is 0 Å². The van der Waals surface area contributed by atoms with Crippen LogP contribution in [0.3, 0.4) is 0 Å². The number of benzene rings is 4. The van der Waals surface area contributed by atoms with Crippen LogP contribution in [-0.4, -0.2) is 4.57 Å². The van der Waals surface area contributed by atoms with Gasteiger partial charge < -0.3 is 9.88 Å². The Balaban J connectivity index is 1.72. The minimum atomic E-state index is -0.260. The van der Waals surface area contributed by atoms with Gasteiger partial charge in [-0.3, -0.25) is 0 Å². The van der Waals surface area contributed by atoms with Gasteiger partial charge >= 0.3 is 0 Å². The smallest absolute Gasteiger partial charge is 0.146 e. The number of rotatable bonds is 3. The normalized spacial score (nSPS) is 11.1. The highest BCUT2D eigenvalue weighted by Gasteiger charge is 2.12. The van der Waals surface area contributed by atoms with Crippen molar-refractivity contribution in [2.45, 2.75) is 0 Å². The highest BCUT2D eigenvalue weighted by Crippen LogP contribution is 2.34. The van der Waals surface area contributed by atoms with Crippen LogP contribution in [-0.2, 0) is 0 Å². The Hall–Kier alpha value is -3.59. The molecule has 0 saturated carbocycles. The molecular weight excluding hydrogens is 335 g/mol. The van der Waals surface area contributed by atoms with Gasteiger partial charge in [0.1, 0.15) is 5.82 Å². The van der Waals surface area contributed by atoms with Crippen molar-refractivity contribution in [3.8, 4) is 5.69 Å². The zero-order chi connectivity index (χ0) is 18.2. The van der Waals surface area contributed by atoms with Crippen LogP contribution in [0.15, 0.2) is 97.1 Å². The van der Waals surface area contributed by atoms with Gasteiger partial charge in [0, 0.05) is 22.1 Å². The highest BCUT2D eigenvalue weighted by molar-refractivity contribution is 6.10. The molecule has 1 heterocycles. The maximum absolute atomic E-state index is 14.0. The minimum absolute atomic E-state index is 0.260. The fourth-order valence-corrected chi connectivity index (χ4v) is 3.62. The summed E-state index contributed by atoms with van der Waals surface area (Å²) in [5.41, 5.74) is 4.74. The molecule has 0 aliphatic carbocycles. The van der Waals surface area contributed by atoms with E-state index in [9.17, 15) is 4.39 Å². The lowest BCUT2D eigenvalue weighted by molar-refractivity contribution is 0.632. The Kier molecular flexibility index (Phi) is 3.65. The van der Waals surface area contributed by atoms with E-state index in [1.54, 1.807) is 12.1 Å². The van der Waals surface area contributed by atoms with Crippen molar-refractivity contribution in [2.75, 3.05) is 5.32 Å². The van der Waals surface area contributed by atoms with Crippen molar-refractivity contribution in [2.24, 2.45) is 0 Å². The molecule has 0 spiro atoms. The largest absolute Gasteiger partial charge is 0.353 e. The number of nitrogens with zero attached hydrogens (tertiary/aromatic N) is 1. The Morgan fingerprint density at radius 1 is 0.630 bits per heavy atom. The van der Waals surface area contributed by atoms with Crippen LogP contribution in [0.5, 0.6) is 0 Å². The Morgan fingerprint density at radius 3 is 2.19 bits per heavy atom. The van der Waals surface area contributed by atoms with Crippen LogP contribution in [0.2, 0.25) is 0 Å². The molecule has 4 aromatic carbocycles. The fraction of sp³-hybridized carbons (Fsp3) is 0. The molecule has 0 amide bonds. The number of aromatic nitrogens is 1. The first kappa shape index (κ1) is 15.6. The molecule has 0 unspecified atom stereocenters. The molecule has 27 heavy (non-hydrogen) atoms. The second-order valence-electron chi connectivity index (χ2n) is 6.52. The van der Waals surface area contributed by atoms with Gasteiger partial charge in [0.2, 0.25) is 0 Å². The zero-order valence-corrected chi connectivity index (χ0v) is 14.6. The van der Waals surface area contributed by atoms with E-state index in [-0.39, 0.29) is 5.82 Å². The van der Waals surface area contributed by atoms with Crippen LogP contribution < -0.4 is 5.32 Å². The monoisotopic (exact) mass is 352 g/mol. The van der Waals surface area contributed by atoms with Crippen LogP contribution in [0.25, 0.3) is 27.5 Å². The number of hydrogen-bond donors (Lipinski definition) is 1. The Bertz CT molecular complexity index is 1260. The van der Waals surface area contributed by atoms with E-state index in [4.69, 9.17) is 0 Å². The van der Waals surface area contributed by atoms with Crippen molar-refractivity contribution in [1.29, 1.82) is 0 Å². The first-order chi connectivity index (χ1) is 13.3. The van der Waals surface area contributed by atoms with Crippen LogP contribution in [0, 0.1) is 5.82 Å². The topological polar surface area (TPSA) is 17.0 Å². The minimum Gasteiger partial charge on any atom is -0.353 e. The SMILES string of the molecule is Fc1ccccc1Nc1ccc2c(c1)c1ccccc1n2-c1ccccc1. The second-order valence-corrected chi connectivity index (χ2v) is 6.52. The lowest BCUT2D eigenvalue weighted by Gasteiger charge is -2.09. The van der Waals surface area contributed by atoms with E-state index in [0.717, 1.165) is 27.8 Å². The molecule has 3 heteroatoms. The predicted octanol–water partition coefficient (Wildman–Crippen LogP) is 6.67. The summed E-state index contributed by atoms with van der Waals surface area (Å²) in [4.78, 5) is 0. The molecule has 0 fully saturated rings. The lowest BCUT2D eigenvalue weighted by atomic mass is 10.1. The lowest BCUT2D eigenvalue weighted by Crippen LogP contribution is -1.94. The number of nitrogens with one attached hydrogen (secondary N) is 1. The molecule has 5 rings (SSSR count). The number of para-hydroxylation sites is 3. The molecular formula is C24H17FN2. The summed E-state index contributed by atoms with van der Waals surface area (Å²) in [6.45, 7) is 0. The van der Waals surface area contributed by atoms with Gasteiger partial charge in [-0.1, -0.05) is 48.5 Å². The van der Waals surface area contributed by atoms with Gasteiger partial charge in [0.25, 0.3) is 0 Å². The van der Waals surface area contributed by atoms with Crippen molar-refractivity contribution in [3.05, 3.63) is 103 Å². The second kappa shape index (κ2) is 6.29. The molecule has 1 N–H and O–H groups in total. The summed E-state index contributed by atoms with van der Waals surface area (Å²) in [7, 11) is 0. The first-order valence-electron chi connectivity index (χ1n) is 8.91. The average Bonchev–Trinajstić information content (AvgIpc) is 3.04. The van der Waals surface area contributed by atoms with Gasteiger partial charge in [0.05, 0.1) is 16.7 Å². The van der Waals surface area contributed by atoms with Gasteiger partial charge in [-0.25, -0.2) is 4.39 Å². The third-order valence-electron chi connectivity index (χ3n) is 4.84. The number of anilines is 2. The highest BCUT2D eigenvalue weighted by atomic mass is 19.1. The van der Waals surface area contributed by atoms with Crippen molar-refractivity contribution in [1.82, 2.24) is 4.57 Å². The first-order valence-corrected chi connectivity index (χ1v) is 8.91. The predicted molar refractivity (Wildman–Crippen MR) is 110 cm³/mol. The third-order valence-corrected chi connectivity index (χ3v) is 4.84. The standard InChI is InChI=1S/C24H17FN2/c25-21-11-5-6-12-22(21)26-17-14-15-24-20(16-17)19-10-4-7-13-23(19)27(24)18-8-2-1-3-9-18/h1-16,26H. The maximum Gasteiger partial charge on any atom is 0.146 e. The Labute approximate surface area is 156 Å². The Morgan fingerprint density at radius 2 is 1.33 bits per heavy atom. The summed E-state index contributed by atoms with van der Waals surface area (Å²) < 4.78 is 16.3. The summed E-state index contributed by atoms with van der Waals surface area (Å²) in [5, 5.41) is 5.50. The summed E-state index contributed by atoms with van der Waals surface area (Å²) >= 11 is 0. The summed E-state index contributed by atoms with van der Waals surface area (Å²) in [6.07, 6.45) is 0. The van der Waals surface area contributed by atoms with E-state index in [1.807, 2.05) is 36.4 Å². The molecule has 0 saturated heterocycles. The maximum atomic E-state index is 14.0. The van der Waals surface area contributed by atoms with E-state index < -0.39 is 0 Å². The number of halogens is 1. The molecule has 0 aliphatic heterocycles. The molecule has 0 atom stereocenters. The fourth-order valence-electron chi connectivity index (χ4n) is 3.62. The van der Waals surface area contributed by atoms with Gasteiger partial charge in [-0.2, -0.15) is 0 Å². The van der Waals surface area contributed by atoms with Gasteiger partial charge in [0.15, 0.2) is 0 Å². The van der Waals surface area contributed by atoms with Crippen LogP contribution >= 0.6 is 0 Å². The summed E-state index contributed by atoms with van der Waals surface area (Å²) in [6, 6.07) is 31.6. The molecule has 2 nitrogen and oxygen atoms in total. The van der Waals surface area contributed by atoms with E-state index in [2.05, 4.69) is 52.3 Å². The van der Waals surface area contributed by atoms with Crippen LogP contribution in [0.1, 0.15) is 0 Å². The average molecular weight is 352 g/mol. The number of hydrogen-bond acceptors (Lipinski definition) is 1. The number of fused-ring (bicyclic) bond motifs is 3. The van der Waals surface area contributed by atoms with E-state index in [0.29, 0.717) is 5.69 Å². The van der Waals surface area contributed by atoms with E-state index >= 15 is 0 Å². The van der Waals surface area contributed by atoms with Gasteiger partial charge in [-0.05, 0) is 48.5 Å². The zero-order valence-electron chi connectivity index (χ0n) is 14.6. The quantitative estimate of drug-likeness (QED) is 0.384. The molecule has 0 aliphatic rings. The van der Waals surface area contributed by atoms with Crippen molar-refractivity contribution >= 4 is 33.2 Å². The van der Waals surface area contributed by atoms with Crippen LogP contribution in [0.4, 0.5) is 15.8 Å². The molecule has 1 aromatic heterocycles. The van der Waals surface area contributed by atoms with Gasteiger partial charge in [-0.15, -0.1) is 0 Å². The molecule has 5 aromatic rings.